The van der Waals surface area contributed by atoms with Crippen molar-refractivity contribution in [1.29, 1.82) is 0 Å². The van der Waals surface area contributed by atoms with Gasteiger partial charge in [0.25, 0.3) is 0 Å². The molecule has 0 aliphatic rings. The maximum Gasteiger partial charge on any atom is 0.323 e. The van der Waals surface area contributed by atoms with Crippen molar-refractivity contribution < 1.29 is 9.90 Å². The number of rotatable bonds is 6. The lowest BCUT2D eigenvalue weighted by atomic mass is 9.97. The van der Waals surface area contributed by atoms with Gasteiger partial charge >= 0.3 is 5.97 Å². The Labute approximate surface area is 118 Å². The van der Waals surface area contributed by atoms with Crippen molar-refractivity contribution >= 4 is 17.6 Å². The Morgan fingerprint density at radius 3 is 2.47 bits per heavy atom. The number of aliphatic carboxylic acids is 1. The second-order valence-corrected chi connectivity index (χ2v) is 5.77. The Morgan fingerprint density at radius 1 is 1.53 bits per heavy atom. The zero-order valence-corrected chi connectivity index (χ0v) is 12.9. The van der Waals surface area contributed by atoms with E-state index in [2.05, 4.69) is 10.4 Å². The van der Waals surface area contributed by atoms with E-state index >= 15 is 0 Å². The van der Waals surface area contributed by atoms with Crippen LogP contribution in [0, 0.1) is 13.8 Å². The molecule has 0 bridgehead atoms. The SMILES string of the molecule is Cc1nn(CCC(C)(NC(C)C)C(=O)O)c(C)c1Cl. The maximum absolute atomic E-state index is 11.4. The molecule has 0 aliphatic carbocycles. The fourth-order valence-corrected chi connectivity index (χ4v) is 2.24. The van der Waals surface area contributed by atoms with Gasteiger partial charge in [0.15, 0.2) is 0 Å². The number of carboxylic acid groups (broad SMARTS) is 1. The molecule has 0 spiro atoms. The van der Waals surface area contributed by atoms with Gasteiger partial charge < -0.3 is 5.11 Å². The molecule has 19 heavy (non-hydrogen) atoms. The highest BCUT2D eigenvalue weighted by molar-refractivity contribution is 6.31. The monoisotopic (exact) mass is 287 g/mol. The molecule has 1 heterocycles. The highest BCUT2D eigenvalue weighted by atomic mass is 35.5. The van der Waals surface area contributed by atoms with Crippen molar-refractivity contribution in [3.8, 4) is 0 Å². The van der Waals surface area contributed by atoms with Crippen molar-refractivity contribution in [3.05, 3.63) is 16.4 Å². The van der Waals surface area contributed by atoms with Crippen LogP contribution in [-0.2, 0) is 11.3 Å². The summed E-state index contributed by atoms with van der Waals surface area (Å²) in [5, 5.41) is 17.4. The zero-order chi connectivity index (χ0) is 14.8. The second-order valence-electron chi connectivity index (χ2n) is 5.39. The molecule has 1 atom stereocenters. The zero-order valence-electron chi connectivity index (χ0n) is 12.1. The summed E-state index contributed by atoms with van der Waals surface area (Å²) in [6, 6.07) is 0.102. The van der Waals surface area contributed by atoms with Crippen LogP contribution >= 0.6 is 11.6 Å². The third kappa shape index (κ3) is 3.70. The lowest BCUT2D eigenvalue weighted by molar-refractivity contribution is -0.144. The van der Waals surface area contributed by atoms with Gasteiger partial charge in [-0.2, -0.15) is 5.10 Å². The standard InChI is InChI=1S/C13H22ClN3O2/c1-8(2)15-13(5,12(18)19)6-7-17-10(4)11(14)9(3)16-17/h8,15H,6-7H2,1-5H3,(H,18,19). The highest BCUT2D eigenvalue weighted by Crippen LogP contribution is 2.21. The molecule has 0 aliphatic heterocycles. The van der Waals surface area contributed by atoms with Gasteiger partial charge in [-0.15, -0.1) is 0 Å². The number of hydrogen-bond donors (Lipinski definition) is 2. The lowest BCUT2D eigenvalue weighted by Gasteiger charge is -2.28. The van der Waals surface area contributed by atoms with Crippen LogP contribution in [0.25, 0.3) is 0 Å². The first-order valence-corrected chi connectivity index (χ1v) is 6.76. The minimum atomic E-state index is -0.965. The van der Waals surface area contributed by atoms with E-state index in [0.717, 1.165) is 11.4 Å². The number of nitrogens with zero attached hydrogens (tertiary/aromatic N) is 2. The highest BCUT2D eigenvalue weighted by Gasteiger charge is 2.33. The van der Waals surface area contributed by atoms with E-state index in [1.165, 1.54) is 0 Å². The minimum absolute atomic E-state index is 0.102. The van der Waals surface area contributed by atoms with Crippen LogP contribution in [-0.4, -0.2) is 32.4 Å². The first-order chi connectivity index (χ1) is 8.67. The van der Waals surface area contributed by atoms with Gasteiger partial charge in [0.2, 0.25) is 0 Å². The third-order valence-corrected chi connectivity index (χ3v) is 3.74. The normalized spacial score (nSPS) is 14.7. The van der Waals surface area contributed by atoms with E-state index in [4.69, 9.17) is 11.6 Å². The fraction of sp³-hybridized carbons (Fsp3) is 0.692. The van der Waals surface area contributed by atoms with Crippen LogP contribution in [0.2, 0.25) is 5.02 Å². The first kappa shape index (κ1) is 16.0. The molecule has 0 saturated carbocycles. The van der Waals surface area contributed by atoms with Crippen molar-refractivity contribution in [2.45, 2.75) is 59.2 Å². The molecule has 1 aromatic heterocycles. The van der Waals surface area contributed by atoms with Crippen molar-refractivity contribution in [2.75, 3.05) is 0 Å². The molecule has 1 aromatic rings. The summed E-state index contributed by atoms with van der Waals surface area (Å²) in [5.41, 5.74) is 0.678. The van der Waals surface area contributed by atoms with E-state index in [1.54, 1.807) is 11.6 Å². The van der Waals surface area contributed by atoms with Crippen LogP contribution in [0.15, 0.2) is 0 Å². The predicted octanol–water partition coefficient (Wildman–Crippen LogP) is 2.38. The number of halogens is 1. The quantitative estimate of drug-likeness (QED) is 0.843. The Bertz CT molecular complexity index is 471. The minimum Gasteiger partial charge on any atom is -0.480 e. The summed E-state index contributed by atoms with van der Waals surface area (Å²) in [4.78, 5) is 11.4. The summed E-state index contributed by atoms with van der Waals surface area (Å²) in [5.74, 6) is -0.853. The first-order valence-electron chi connectivity index (χ1n) is 6.38. The number of aryl methyl sites for hydroxylation is 2. The molecular weight excluding hydrogens is 266 g/mol. The Hall–Kier alpha value is -1.07. The summed E-state index contributed by atoms with van der Waals surface area (Å²) in [6.07, 6.45) is 0.443. The van der Waals surface area contributed by atoms with E-state index in [9.17, 15) is 9.90 Å². The van der Waals surface area contributed by atoms with E-state index in [-0.39, 0.29) is 6.04 Å². The lowest BCUT2D eigenvalue weighted by Crippen LogP contribution is -2.52. The van der Waals surface area contributed by atoms with Gasteiger partial charge in [-0.3, -0.25) is 14.8 Å². The Kier molecular flexibility index (Phi) is 4.98. The maximum atomic E-state index is 11.4. The van der Waals surface area contributed by atoms with E-state index in [0.29, 0.717) is 18.0 Å². The van der Waals surface area contributed by atoms with Gasteiger partial charge in [0, 0.05) is 12.6 Å². The van der Waals surface area contributed by atoms with Crippen molar-refractivity contribution in [3.63, 3.8) is 0 Å². The van der Waals surface area contributed by atoms with Crippen molar-refractivity contribution in [2.24, 2.45) is 0 Å². The Morgan fingerprint density at radius 2 is 2.11 bits per heavy atom. The van der Waals surface area contributed by atoms with Gasteiger partial charge in [-0.1, -0.05) is 11.6 Å². The molecule has 108 valence electrons. The number of hydrogen-bond acceptors (Lipinski definition) is 3. The molecule has 0 amide bonds. The summed E-state index contributed by atoms with van der Waals surface area (Å²) < 4.78 is 1.76. The molecule has 1 unspecified atom stereocenters. The molecular formula is C13H22ClN3O2. The molecule has 2 N–H and O–H groups in total. The Balaban J connectivity index is 2.82. The third-order valence-electron chi connectivity index (χ3n) is 3.20. The molecule has 6 heteroatoms. The van der Waals surface area contributed by atoms with E-state index in [1.807, 2.05) is 27.7 Å². The summed E-state index contributed by atoms with van der Waals surface area (Å²) in [7, 11) is 0. The molecule has 0 saturated heterocycles. The molecule has 0 aromatic carbocycles. The average molecular weight is 288 g/mol. The smallest absolute Gasteiger partial charge is 0.323 e. The number of carbonyl (C=O) groups is 1. The topological polar surface area (TPSA) is 67.2 Å². The molecule has 1 rings (SSSR count). The molecule has 0 radical (unpaired) electrons. The largest absolute Gasteiger partial charge is 0.480 e. The summed E-state index contributed by atoms with van der Waals surface area (Å²) >= 11 is 6.08. The van der Waals surface area contributed by atoms with Crippen LogP contribution in [0.4, 0.5) is 0 Å². The number of aromatic nitrogens is 2. The predicted molar refractivity (Wildman–Crippen MR) is 75.6 cm³/mol. The average Bonchev–Trinajstić information content (AvgIpc) is 2.53. The summed E-state index contributed by atoms with van der Waals surface area (Å²) in [6.45, 7) is 9.80. The van der Waals surface area contributed by atoms with E-state index < -0.39 is 11.5 Å². The number of carboxylic acids is 1. The fourth-order valence-electron chi connectivity index (χ4n) is 2.10. The van der Waals surface area contributed by atoms with Gasteiger partial charge in [-0.05, 0) is 41.0 Å². The number of nitrogens with one attached hydrogen (secondary N) is 1. The van der Waals surface area contributed by atoms with Gasteiger partial charge in [-0.25, -0.2) is 0 Å². The van der Waals surface area contributed by atoms with Crippen LogP contribution in [0.5, 0.6) is 0 Å². The van der Waals surface area contributed by atoms with Gasteiger partial charge in [0.1, 0.15) is 5.54 Å². The van der Waals surface area contributed by atoms with Crippen LogP contribution in [0.1, 0.15) is 38.6 Å². The molecule has 5 nitrogen and oxygen atoms in total. The second kappa shape index (κ2) is 5.92. The molecule has 0 fully saturated rings. The van der Waals surface area contributed by atoms with Crippen LogP contribution < -0.4 is 5.32 Å². The van der Waals surface area contributed by atoms with Gasteiger partial charge in [0.05, 0.1) is 16.4 Å². The van der Waals surface area contributed by atoms with Crippen molar-refractivity contribution in [1.82, 2.24) is 15.1 Å². The van der Waals surface area contributed by atoms with Crippen LogP contribution in [0.3, 0.4) is 0 Å².